The molecule has 0 spiro atoms. The van der Waals surface area contributed by atoms with Crippen molar-refractivity contribution in [3.8, 4) is 0 Å². The summed E-state index contributed by atoms with van der Waals surface area (Å²) < 4.78 is 0. The molecule has 0 heterocycles. The number of rotatable bonds is 5. The van der Waals surface area contributed by atoms with Gasteiger partial charge in [0.25, 0.3) is 0 Å². The number of hydrogen-bond donors (Lipinski definition) is 2. The van der Waals surface area contributed by atoms with Crippen molar-refractivity contribution in [2.45, 2.75) is 45.1 Å². The van der Waals surface area contributed by atoms with Gasteiger partial charge < -0.3 is 10.4 Å². The van der Waals surface area contributed by atoms with Gasteiger partial charge in [-0.3, -0.25) is 9.59 Å². The summed E-state index contributed by atoms with van der Waals surface area (Å²) in [7, 11) is 0. The molecule has 3 atom stereocenters. The van der Waals surface area contributed by atoms with E-state index in [1.165, 1.54) is 0 Å². The Morgan fingerprint density at radius 2 is 1.86 bits per heavy atom. The number of aliphatic carboxylic acids is 1. The van der Waals surface area contributed by atoms with Crippen molar-refractivity contribution < 1.29 is 14.7 Å². The predicted octanol–water partition coefficient (Wildman–Crippen LogP) is 2.80. The molecule has 2 N–H and O–H groups in total. The number of benzene rings is 1. The quantitative estimate of drug-likeness (QED) is 0.876. The lowest BCUT2D eigenvalue weighted by atomic mass is 9.87. The van der Waals surface area contributed by atoms with E-state index >= 15 is 0 Å². The summed E-state index contributed by atoms with van der Waals surface area (Å²) in [5, 5.41) is 12.1. The molecule has 0 unspecified atom stereocenters. The molecule has 2 rings (SSSR count). The summed E-state index contributed by atoms with van der Waals surface area (Å²) in [6.45, 7) is 4.07. The number of hydrogen-bond acceptors (Lipinski definition) is 2. The van der Waals surface area contributed by atoms with Crippen LogP contribution in [0.4, 0.5) is 0 Å². The van der Waals surface area contributed by atoms with Gasteiger partial charge in [0.2, 0.25) is 5.91 Å². The molecule has 1 amide bonds. The first-order chi connectivity index (χ1) is 9.99. The molecule has 1 aliphatic rings. The zero-order valence-corrected chi connectivity index (χ0v) is 12.6. The van der Waals surface area contributed by atoms with Crippen LogP contribution in [0.5, 0.6) is 0 Å². The molecule has 1 aromatic rings. The standard InChI is InChI=1S/C17H23NO3/c1-11(2)15(12-6-4-3-5-7-12)16(19)18-14-9-8-13(10-14)17(20)21/h3-7,11,13-15H,8-10H2,1-2H3,(H,18,19)(H,20,21)/t13-,14-,15-/m0/s1. The minimum atomic E-state index is -0.754. The van der Waals surface area contributed by atoms with Crippen molar-refractivity contribution in [3.63, 3.8) is 0 Å². The molecule has 0 aliphatic heterocycles. The van der Waals surface area contributed by atoms with Crippen LogP contribution in [0.2, 0.25) is 0 Å². The van der Waals surface area contributed by atoms with Crippen LogP contribution in [0.25, 0.3) is 0 Å². The van der Waals surface area contributed by atoms with Crippen molar-refractivity contribution in [2.24, 2.45) is 11.8 Å². The third kappa shape index (κ3) is 3.84. The van der Waals surface area contributed by atoms with E-state index in [2.05, 4.69) is 5.32 Å². The number of nitrogens with one attached hydrogen (secondary N) is 1. The van der Waals surface area contributed by atoms with Gasteiger partial charge in [-0.2, -0.15) is 0 Å². The van der Waals surface area contributed by atoms with Crippen LogP contribution in [0.3, 0.4) is 0 Å². The molecule has 0 aromatic heterocycles. The van der Waals surface area contributed by atoms with Gasteiger partial charge in [-0.25, -0.2) is 0 Å². The summed E-state index contributed by atoms with van der Waals surface area (Å²) in [6, 6.07) is 9.75. The predicted molar refractivity (Wildman–Crippen MR) is 80.9 cm³/mol. The Balaban J connectivity index is 2.02. The van der Waals surface area contributed by atoms with E-state index in [4.69, 9.17) is 5.11 Å². The molecule has 4 nitrogen and oxygen atoms in total. The van der Waals surface area contributed by atoms with E-state index in [1.807, 2.05) is 44.2 Å². The van der Waals surface area contributed by atoms with Gasteiger partial charge in [-0.15, -0.1) is 0 Å². The molecular weight excluding hydrogens is 266 g/mol. The Morgan fingerprint density at radius 1 is 1.19 bits per heavy atom. The van der Waals surface area contributed by atoms with E-state index < -0.39 is 5.97 Å². The molecule has 1 saturated carbocycles. The Bertz CT molecular complexity index is 498. The lowest BCUT2D eigenvalue weighted by Gasteiger charge is -2.23. The largest absolute Gasteiger partial charge is 0.481 e. The van der Waals surface area contributed by atoms with Gasteiger partial charge in [-0.05, 0) is 30.7 Å². The molecule has 0 bridgehead atoms. The number of carboxylic acids is 1. The molecule has 21 heavy (non-hydrogen) atoms. The van der Waals surface area contributed by atoms with E-state index in [0.29, 0.717) is 12.8 Å². The van der Waals surface area contributed by atoms with Gasteiger partial charge in [0.1, 0.15) is 0 Å². The summed E-state index contributed by atoms with van der Waals surface area (Å²) in [5.74, 6) is -1.05. The number of carbonyl (C=O) groups is 2. The average Bonchev–Trinajstić information content (AvgIpc) is 2.88. The first-order valence-electron chi connectivity index (χ1n) is 7.57. The highest BCUT2D eigenvalue weighted by molar-refractivity contribution is 5.84. The fourth-order valence-electron chi connectivity index (χ4n) is 3.13. The van der Waals surface area contributed by atoms with Crippen LogP contribution in [0.15, 0.2) is 30.3 Å². The molecule has 1 fully saturated rings. The molecular formula is C17H23NO3. The van der Waals surface area contributed by atoms with Crippen LogP contribution in [-0.2, 0) is 9.59 Å². The second kappa shape index (κ2) is 6.74. The van der Waals surface area contributed by atoms with E-state index in [0.717, 1.165) is 12.0 Å². The van der Waals surface area contributed by atoms with Crippen LogP contribution < -0.4 is 5.32 Å². The van der Waals surface area contributed by atoms with Gasteiger partial charge in [0.05, 0.1) is 11.8 Å². The Hall–Kier alpha value is -1.84. The lowest BCUT2D eigenvalue weighted by molar-refractivity contribution is -0.141. The fraction of sp³-hybridized carbons (Fsp3) is 0.529. The van der Waals surface area contributed by atoms with Gasteiger partial charge in [0.15, 0.2) is 0 Å². The van der Waals surface area contributed by atoms with E-state index in [-0.39, 0.29) is 29.7 Å². The molecule has 0 radical (unpaired) electrons. The van der Waals surface area contributed by atoms with Gasteiger partial charge in [-0.1, -0.05) is 44.2 Å². The molecule has 4 heteroatoms. The second-order valence-corrected chi connectivity index (χ2v) is 6.19. The van der Waals surface area contributed by atoms with Gasteiger partial charge >= 0.3 is 5.97 Å². The molecule has 1 aliphatic carbocycles. The van der Waals surface area contributed by atoms with Crippen LogP contribution >= 0.6 is 0 Å². The van der Waals surface area contributed by atoms with Crippen molar-refractivity contribution >= 4 is 11.9 Å². The van der Waals surface area contributed by atoms with Crippen molar-refractivity contribution in [2.75, 3.05) is 0 Å². The second-order valence-electron chi connectivity index (χ2n) is 6.19. The molecule has 114 valence electrons. The number of carbonyl (C=O) groups excluding carboxylic acids is 1. The van der Waals surface area contributed by atoms with Crippen molar-refractivity contribution in [1.82, 2.24) is 5.32 Å². The fourth-order valence-corrected chi connectivity index (χ4v) is 3.13. The summed E-state index contributed by atoms with van der Waals surface area (Å²) in [6.07, 6.45) is 1.95. The summed E-state index contributed by atoms with van der Waals surface area (Å²) in [5.41, 5.74) is 1.01. The van der Waals surface area contributed by atoms with Crippen LogP contribution in [0.1, 0.15) is 44.6 Å². The average molecular weight is 289 g/mol. The smallest absolute Gasteiger partial charge is 0.306 e. The van der Waals surface area contributed by atoms with E-state index in [9.17, 15) is 9.59 Å². The topological polar surface area (TPSA) is 66.4 Å². The number of amides is 1. The maximum Gasteiger partial charge on any atom is 0.306 e. The van der Waals surface area contributed by atoms with Crippen molar-refractivity contribution in [1.29, 1.82) is 0 Å². The monoisotopic (exact) mass is 289 g/mol. The summed E-state index contributed by atoms with van der Waals surface area (Å²) in [4.78, 5) is 23.5. The minimum Gasteiger partial charge on any atom is -0.481 e. The highest BCUT2D eigenvalue weighted by Gasteiger charge is 2.32. The summed E-state index contributed by atoms with van der Waals surface area (Å²) >= 11 is 0. The third-order valence-corrected chi connectivity index (χ3v) is 4.24. The normalized spacial score (nSPS) is 23.0. The zero-order chi connectivity index (χ0) is 15.4. The Morgan fingerprint density at radius 3 is 2.38 bits per heavy atom. The Kier molecular flexibility index (Phi) is 4.99. The van der Waals surface area contributed by atoms with Crippen molar-refractivity contribution in [3.05, 3.63) is 35.9 Å². The molecule has 0 saturated heterocycles. The highest BCUT2D eigenvalue weighted by atomic mass is 16.4. The zero-order valence-electron chi connectivity index (χ0n) is 12.6. The Labute approximate surface area is 125 Å². The lowest BCUT2D eigenvalue weighted by Crippen LogP contribution is -2.38. The minimum absolute atomic E-state index is 0.00670. The third-order valence-electron chi connectivity index (χ3n) is 4.24. The molecule has 1 aromatic carbocycles. The van der Waals surface area contributed by atoms with Crippen LogP contribution in [-0.4, -0.2) is 23.0 Å². The van der Waals surface area contributed by atoms with E-state index in [1.54, 1.807) is 0 Å². The maximum absolute atomic E-state index is 12.6. The van der Waals surface area contributed by atoms with Gasteiger partial charge in [0, 0.05) is 6.04 Å². The SMILES string of the molecule is CC(C)[C@H](C(=O)N[C@H]1CC[C@H](C(=O)O)C1)c1ccccc1. The number of carboxylic acid groups (broad SMARTS) is 1. The van der Waals surface area contributed by atoms with Crippen LogP contribution in [0, 0.1) is 11.8 Å². The maximum atomic E-state index is 12.6. The first-order valence-corrected chi connectivity index (χ1v) is 7.57. The first kappa shape index (κ1) is 15.5. The highest BCUT2D eigenvalue weighted by Crippen LogP contribution is 2.28.